The quantitative estimate of drug-likeness (QED) is 0.518. The Balaban J connectivity index is 0.000000221. The van der Waals surface area contributed by atoms with Gasteiger partial charge < -0.3 is 22.2 Å². The van der Waals surface area contributed by atoms with Crippen LogP contribution >= 0.6 is 0 Å². The average Bonchev–Trinajstić information content (AvgIpc) is 2.41. The number of likely N-dealkylation sites (N-methyl/N-ethyl adjacent to an activating group) is 1. The molecular formula is C10H14BF4N. The van der Waals surface area contributed by atoms with E-state index in [-0.39, 0.29) is 0 Å². The summed E-state index contributed by atoms with van der Waals surface area (Å²) in [5.74, 6) is 0. The van der Waals surface area contributed by atoms with Crippen molar-refractivity contribution in [2.45, 2.75) is 19.4 Å². The highest BCUT2D eigenvalue weighted by Gasteiger charge is 2.26. The number of hydrogen-bond donors (Lipinski definition) is 1. The zero-order chi connectivity index (χ0) is 12.3. The van der Waals surface area contributed by atoms with Crippen LogP contribution in [-0.4, -0.2) is 20.3 Å². The predicted molar refractivity (Wildman–Crippen MR) is 56.3 cm³/mol. The first kappa shape index (κ1) is 13.0. The highest BCUT2D eigenvalue weighted by molar-refractivity contribution is 6.50. The van der Waals surface area contributed by atoms with Crippen LogP contribution in [0.25, 0.3) is 0 Å². The molecule has 1 heterocycles. The SMILES string of the molecule is CC1Cc2ccccc2[NH+]1C.F[B-](F)(F)F. The summed E-state index contributed by atoms with van der Waals surface area (Å²) in [5.41, 5.74) is 3.01. The fourth-order valence-electron chi connectivity index (χ4n) is 1.83. The summed E-state index contributed by atoms with van der Waals surface area (Å²) < 4.78 is 39.0. The van der Waals surface area contributed by atoms with Gasteiger partial charge in [0.05, 0.1) is 13.1 Å². The van der Waals surface area contributed by atoms with E-state index in [1.807, 2.05) is 0 Å². The fourth-order valence-corrected chi connectivity index (χ4v) is 1.83. The molecule has 1 nitrogen and oxygen atoms in total. The summed E-state index contributed by atoms with van der Waals surface area (Å²) >= 11 is 0. The van der Waals surface area contributed by atoms with Gasteiger partial charge in [0, 0.05) is 12.0 Å². The van der Waals surface area contributed by atoms with Gasteiger partial charge in [-0.3, -0.25) is 0 Å². The number of halogens is 4. The molecule has 0 radical (unpaired) electrons. The predicted octanol–water partition coefficient (Wildman–Crippen LogP) is 2.08. The molecule has 2 rings (SSSR count). The van der Waals surface area contributed by atoms with Gasteiger partial charge in [0.15, 0.2) is 0 Å². The van der Waals surface area contributed by atoms with E-state index in [1.54, 1.807) is 4.90 Å². The van der Waals surface area contributed by atoms with Gasteiger partial charge in [-0.15, -0.1) is 0 Å². The van der Waals surface area contributed by atoms with Crippen LogP contribution in [0.1, 0.15) is 12.5 Å². The van der Waals surface area contributed by atoms with Gasteiger partial charge in [-0.25, -0.2) is 0 Å². The van der Waals surface area contributed by atoms with E-state index in [0.717, 1.165) is 6.04 Å². The Morgan fingerprint density at radius 2 is 1.69 bits per heavy atom. The molecule has 0 aliphatic carbocycles. The molecule has 0 saturated carbocycles. The minimum Gasteiger partial charge on any atom is -0.418 e. The molecule has 6 heteroatoms. The second kappa shape index (κ2) is 4.87. The zero-order valence-corrected chi connectivity index (χ0v) is 9.18. The van der Waals surface area contributed by atoms with Crippen LogP contribution < -0.4 is 4.90 Å². The third kappa shape index (κ3) is 3.85. The first-order chi connectivity index (χ1) is 7.29. The van der Waals surface area contributed by atoms with Crippen LogP contribution in [0.5, 0.6) is 0 Å². The molecule has 0 fully saturated rings. The number of nitrogens with one attached hydrogen (secondary N) is 1. The molecule has 0 aromatic heterocycles. The molecular weight excluding hydrogens is 221 g/mol. The lowest BCUT2D eigenvalue weighted by molar-refractivity contribution is -0.829. The largest absolute Gasteiger partial charge is 0.673 e. The minimum absolute atomic E-state index is 0.757. The van der Waals surface area contributed by atoms with Crippen molar-refractivity contribution in [1.29, 1.82) is 0 Å². The van der Waals surface area contributed by atoms with Crippen molar-refractivity contribution in [3.05, 3.63) is 29.8 Å². The number of rotatable bonds is 0. The molecule has 0 bridgehead atoms. The minimum atomic E-state index is -6.00. The van der Waals surface area contributed by atoms with Crippen LogP contribution in [0.4, 0.5) is 23.0 Å². The Kier molecular flexibility index (Phi) is 3.96. The molecule has 1 aliphatic heterocycles. The third-order valence-electron chi connectivity index (χ3n) is 2.71. The molecule has 0 saturated heterocycles. The molecule has 0 amide bonds. The van der Waals surface area contributed by atoms with E-state index in [1.165, 1.54) is 17.7 Å². The highest BCUT2D eigenvalue weighted by Crippen LogP contribution is 2.17. The summed E-state index contributed by atoms with van der Waals surface area (Å²) in [6.07, 6.45) is 1.24. The van der Waals surface area contributed by atoms with Crippen molar-refractivity contribution in [2.75, 3.05) is 7.05 Å². The second-order valence-electron chi connectivity index (χ2n) is 3.94. The van der Waals surface area contributed by atoms with Crippen molar-refractivity contribution >= 4 is 12.9 Å². The summed E-state index contributed by atoms with van der Waals surface area (Å²) in [6.45, 7) is 2.30. The first-order valence-corrected chi connectivity index (χ1v) is 5.08. The molecule has 1 N–H and O–H groups in total. The third-order valence-corrected chi connectivity index (χ3v) is 2.71. The fraction of sp³-hybridized carbons (Fsp3) is 0.400. The van der Waals surface area contributed by atoms with E-state index in [0.29, 0.717) is 0 Å². The normalized spacial score (nSPS) is 23.4. The Labute approximate surface area is 92.2 Å². The topological polar surface area (TPSA) is 4.44 Å². The van der Waals surface area contributed by atoms with Crippen molar-refractivity contribution in [3.8, 4) is 0 Å². The second-order valence-corrected chi connectivity index (χ2v) is 3.94. The number of quaternary nitrogens is 1. The van der Waals surface area contributed by atoms with Crippen molar-refractivity contribution in [1.82, 2.24) is 0 Å². The summed E-state index contributed by atoms with van der Waals surface area (Å²) in [4.78, 5) is 1.56. The monoisotopic (exact) mass is 235 g/mol. The van der Waals surface area contributed by atoms with Gasteiger partial charge in [-0.05, 0) is 13.0 Å². The lowest BCUT2D eigenvalue weighted by atomic mass is 10.1. The molecule has 1 aliphatic rings. The Morgan fingerprint density at radius 1 is 1.19 bits per heavy atom. The Bertz CT molecular complexity index is 347. The van der Waals surface area contributed by atoms with Crippen molar-refractivity contribution in [2.24, 2.45) is 0 Å². The number of fused-ring (bicyclic) bond motifs is 1. The molecule has 2 unspecified atom stereocenters. The van der Waals surface area contributed by atoms with Crippen LogP contribution in [0, 0.1) is 0 Å². The van der Waals surface area contributed by atoms with Gasteiger partial charge >= 0.3 is 7.25 Å². The van der Waals surface area contributed by atoms with Crippen molar-refractivity contribution < 1.29 is 22.2 Å². The molecule has 1 aromatic carbocycles. The van der Waals surface area contributed by atoms with Gasteiger partial charge in [0.2, 0.25) is 0 Å². The van der Waals surface area contributed by atoms with E-state index in [2.05, 4.69) is 38.2 Å². The smallest absolute Gasteiger partial charge is 0.418 e. The van der Waals surface area contributed by atoms with Crippen LogP contribution in [0.2, 0.25) is 0 Å². The zero-order valence-electron chi connectivity index (χ0n) is 9.18. The lowest BCUT2D eigenvalue weighted by Gasteiger charge is -2.11. The standard InChI is InChI=1S/C10H13N.BF4/c1-8-7-9-5-3-4-6-10(9)11(8)2;2-1(3,4)5/h3-6,8H,7H2,1-2H3;/q;-1/p+1. The van der Waals surface area contributed by atoms with Gasteiger partial charge in [-0.1, -0.05) is 18.2 Å². The van der Waals surface area contributed by atoms with E-state index < -0.39 is 7.25 Å². The maximum absolute atomic E-state index is 9.75. The Morgan fingerprint density at radius 3 is 2.19 bits per heavy atom. The van der Waals surface area contributed by atoms with Gasteiger partial charge in [0.25, 0.3) is 0 Å². The van der Waals surface area contributed by atoms with E-state index >= 15 is 0 Å². The number of benzene rings is 1. The molecule has 90 valence electrons. The summed E-state index contributed by atoms with van der Waals surface area (Å²) in [5, 5.41) is 0. The van der Waals surface area contributed by atoms with Gasteiger partial charge in [0.1, 0.15) is 5.69 Å². The maximum atomic E-state index is 9.75. The molecule has 2 atom stereocenters. The molecule has 16 heavy (non-hydrogen) atoms. The Hall–Kier alpha value is -1.04. The summed E-state index contributed by atoms with van der Waals surface area (Å²) in [7, 11) is -3.75. The number of para-hydroxylation sites is 1. The van der Waals surface area contributed by atoms with Crippen LogP contribution in [0.3, 0.4) is 0 Å². The van der Waals surface area contributed by atoms with Gasteiger partial charge in [-0.2, -0.15) is 0 Å². The average molecular weight is 235 g/mol. The number of hydrogen-bond acceptors (Lipinski definition) is 0. The summed E-state index contributed by atoms with van der Waals surface area (Å²) in [6, 6.07) is 9.48. The highest BCUT2D eigenvalue weighted by atomic mass is 19.5. The van der Waals surface area contributed by atoms with E-state index in [9.17, 15) is 17.3 Å². The van der Waals surface area contributed by atoms with Crippen molar-refractivity contribution in [3.63, 3.8) is 0 Å². The van der Waals surface area contributed by atoms with Crippen LogP contribution in [-0.2, 0) is 6.42 Å². The molecule has 0 spiro atoms. The maximum Gasteiger partial charge on any atom is 0.673 e. The van der Waals surface area contributed by atoms with Crippen LogP contribution in [0.15, 0.2) is 24.3 Å². The first-order valence-electron chi connectivity index (χ1n) is 5.08. The lowest BCUT2D eigenvalue weighted by Crippen LogP contribution is -3.06. The van der Waals surface area contributed by atoms with E-state index in [4.69, 9.17) is 0 Å². The molecule has 1 aromatic rings.